The van der Waals surface area contributed by atoms with E-state index in [2.05, 4.69) is 15.0 Å². The highest BCUT2D eigenvalue weighted by molar-refractivity contribution is 6.33. The Morgan fingerprint density at radius 1 is 1.26 bits per heavy atom. The summed E-state index contributed by atoms with van der Waals surface area (Å²) in [6, 6.07) is 10.4. The molecule has 0 saturated carbocycles. The zero-order valence-corrected chi connectivity index (χ0v) is 12.5. The highest BCUT2D eigenvalue weighted by Crippen LogP contribution is 2.37. The van der Waals surface area contributed by atoms with Gasteiger partial charge in [0, 0.05) is 17.8 Å². The fourth-order valence-electron chi connectivity index (χ4n) is 2.15. The Bertz CT molecular complexity index is 878. The Morgan fingerprint density at radius 2 is 2.04 bits per heavy atom. The van der Waals surface area contributed by atoms with Crippen LogP contribution in [0.15, 0.2) is 42.6 Å². The van der Waals surface area contributed by atoms with Gasteiger partial charge in [0.05, 0.1) is 22.1 Å². The van der Waals surface area contributed by atoms with E-state index in [4.69, 9.17) is 27.8 Å². The lowest BCUT2D eigenvalue weighted by Gasteiger charge is -2.05. The van der Waals surface area contributed by atoms with Crippen molar-refractivity contribution in [1.29, 1.82) is 0 Å². The standard InChI is InChI=1S/C15H12ClN5O2/c16-9-4-2-1-3-8(9)13-12(23-15(18)22)7-11(20-13)10-5-6-19-14(17)21-10/h1-7,20H,(H2,18,22)(H2,17,19,21). The quantitative estimate of drug-likeness (QED) is 0.682. The predicted molar refractivity (Wildman–Crippen MR) is 86.9 cm³/mol. The lowest BCUT2D eigenvalue weighted by Crippen LogP contribution is -2.16. The van der Waals surface area contributed by atoms with Gasteiger partial charge in [0.15, 0.2) is 5.75 Å². The summed E-state index contributed by atoms with van der Waals surface area (Å²) in [5, 5.41) is 0.498. The van der Waals surface area contributed by atoms with Gasteiger partial charge >= 0.3 is 6.09 Å². The number of carbonyl (C=O) groups is 1. The summed E-state index contributed by atoms with van der Waals surface area (Å²) in [5.41, 5.74) is 13.0. The van der Waals surface area contributed by atoms with Crippen LogP contribution in [0.1, 0.15) is 0 Å². The molecular formula is C15H12ClN5O2. The Kier molecular flexibility index (Phi) is 3.86. The summed E-state index contributed by atoms with van der Waals surface area (Å²) in [7, 11) is 0. The smallest absolute Gasteiger partial charge is 0.408 e. The van der Waals surface area contributed by atoms with E-state index >= 15 is 0 Å². The molecule has 0 fully saturated rings. The molecule has 5 N–H and O–H groups in total. The van der Waals surface area contributed by atoms with Gasteiger partial charge in [0.2, 0.25) is 5.95 Å². The van der Waals surface area contributed by atoms with Crippen LogP contribution in [-0.4, -0.2) is 21.0 Å². The SMILES string of the molecule is NC(=O)Oc1cc(-c2ccnc(N)n2)[nH]c1-c1ccccc1Cl. The molecule has 0 spiro atoms. The minimum Gasteiger partial charge on any atom is -0.408 e. The molecule has 116 valence electrons. The first kappa shape index (κ1) is 14.9. The van der Waals surface area contributed by atoms with Crippen LogP contribution in [0.3, 0.4) is 0 Å². The van der Waals surface area contributed by atoms with E-state index in [9.17, 15) is 4.79 Å². The van der Waals surface area contributed by atoms with Gasteiger partial charge in [-0.2, -0.15) is 0 Å². The maximum atomic E-state index is 11.1. The van der Waals surface area contributed by atoms with E-state index in [0.717, 1.165) is 0 Å². The van der Waals surface area contributed by atoms with E-state index in [1.165, 1.54) is 6.20 Å². The van der Waals surface area contributed by atoms with Gasteiger partial charge < -0.3 is 21.2 Å². The monoisotopic (exact) mass is 329 g/mol. The number of hydrogen-bond donors (Lipinski definition) is 3. The van der Waals surface area contributed by atoms with Crippen LogP contribution >= 0.6 is 11.6 Å². The summed E-state index contributed by atoms with van der Waals surface area (Å²) >= 11 is 6.21. The topological polar surface area (TPSA) is 120 Å². The predicted octanol–water partition coefficient (Wildman–Crippen LogP) is 2.83. The van der Waals surface area contributed by atoms with Crippen molar-refractivity contribution in [3.63, 3.8) is 0 Å². The van der Waals surface area contributed by atoms with Crippen LogP contribution in [0.4, 0.5) is 10.7 Å². The average Bonchev–Trinajstić information content (AvgIpc) is 2.91. The van der Waals surface area contributed by atoms with Crippen molar-refractivity contribution in [3.05, 3.63) is 47.6 Å². The van der Waals surface area contributed by atoms with Crippen molar-refractivity contribution in [3.8, 4) is 28.4 Å². The number of amides is 1. The number of aromatic nitrogens is 3. The molecule has 8 heteroatoms. The Balaban J connectivity index is 2.15. The summed E-state index contributed by atoms with van der Waals surface area (Å²) < 4.78 is 5.06. The molecule has 0 aliphatic carbocycles. The third-order valence-electron chi connectivity index (χ3n) is 3.09. The number of H-pyrrole nitrogens is 1. The third kappa shape index (κ3) is 3.09. The van der Waals surface area contributed by atoms with E-state index in [1.807, 2.05) is 6.07 Å². The van der Waals surface area contributed by atoms with Crippen molar-refractivity contribution in [2.45, 2.75) is 0 Å². The molecule has 0 radical (unpaired) electrons. The maximum Gasteiger partial charge on any atom is 0.410 e. The van der Waals surface area contributed by atoms with Crippen molar-refractivity contribution in [2.75, 3.05) is 5.73 Å². The molecule has 7 nitrogen and oxygen atoms in total. The minimum atomic E-state index is -0.925. The van der Waals surface area contributed by atoms with E-state index in [-0.39, 0.29) is 11.7 Å². The van der Waals surface area contributed by atoms with Gasteiger partial charge in [-0.25, -0.2) is 14.8 Å². The minimum absolute atomic E-state index is 0.133. The molecule has 0 bridgehead atoms. The van der Waals surface area contributed by atoms with Crippen molar-refractivity contribution in [2.24, 2.45) is 5.73 Å². The summed E-state index contributed by atoms with van der Waals surface area (Å²) in [4.78, 5) is 22.2. The van der Waals surface area contributed by atoms with Crippen LogP contribution in [0.5, 0.6) is 5.75 Å². The van der Waals surface area contributed by atoms with E-state index in [1.54, 1.807) is 30.3 Å². The van der Waals surface area contributed by atoms with Crippen LogP contribution in [0, 0.1) is 0 Å². The first-order chi connectivity index (χ1) is 11.0. The lowest BCUT2D eigenvalue weighted by molar-refractivity contribution is 0.211. The van der Waals surface area contributed by atoms with Gasteiger partial charge in [-0.1, -0.05) is 29.8 Å². The Morgan fingerprint density at radius 3 is 2.74 bits per heavy atom. The number of nitrogen functional groups attached to an aromatic ring is 1. The molecular weight excluding hydrogens is 318 g/mol. The molecule has 0 atom stereocenters. The number of hydrogen-bond acceptors (Lipinski definition) is 5. The second kappa shape index (κ2) is 5.98. The van der Waals surface area contributed by atoms with Crippen LogP contribution in [0.25, 0.3) is 22.6 Å². The van der Waals surface area contributed by atoms with Gasteiger partial charge in [0.25, 0.3) is 0 Å². The fourth-order valence-corrected chi connectivity index (χ4v) is 2.38. The number of carbonyl (C=O) groups excluding carboxylic acids is 1. The van der Waals surface area contributed by atoms with Gasteiger partial charge in [-0.05, 0) is 12.1 Å². The molecule has 0 aliphatic rings. The number of aromatic amines is 1. The number of nitrogens with zero attached hydrogens (tertiary/aromatic N) is 2. The molecule has 2 aromatic heterocycles. The molecule has 2 heterocycles. The van der Waals surface area contributed by atoms with Crippen molar-refractivity contribution >= 4 is 23.6 Å². The number of halogens is 1. The molecule has 0 unspecified atom stereocenters. The molecule has 0 aliphatic heterocycles. The normalized spacial score (nSPS) is 10.5. The fraction of sp³-hybridized carbons (Fsp3) is 0. The first-order valence-corrected chi connectivity index (χ1v) is 6.96. The van der Waals surface area contributed by atoms with E-state index in [0.29, 0.717) is 27.7 Å². The summed E-state index contributed by atoms with van der Waals surface area (Å²) in [5.74, 6) is 0.381. The van der Waals surface area contributed by atoms with Gasteiger partial charge in [0.1, 0.15) is 0 Å². The second-order valence-corrected chi connectivity index (χ2v) is 5.03. The van der Waals surface area contributed by atoms with Crippen LogP contribution < -0.4 is 16.2 Å². The third-order valence-corrected chi connectivity index (χ3v) is 3.41. The van der Waals surface area contributed by atoms with Crippen molar-refractivity contribution in [1.82, 2.24) is 15.0 Å². The zero-order valence-electron chi connectivity index (χ0n) is 11.8. The summed E-state index contributed by atoms with van der Waals surface area (Å²) in [6.07, 6.45) is 0.605. The summed E-state index contributed by atoms with van der Waals surface area (Å²) in [6.45, 7) is 0. The molecule has 1 amide bonds. The number of primary amides is 1. The van der Waals surface area contributed by atoms with Gasteiger partial charge in [-0.15, -0.1) is 0 Å². The number of ether oxygens (including phenoxy) is 1. The van der Waals surface area contributed by atoms with Crippen LogP contribution in [0.2, 0.25) is 5.02 Å². The number of nitrogens with one attached hydrogen (secondary N) is 1. The number of anilines is 1. The number of nitrogens with two attached hydrogens (primary N) is 2. The lowest BCUT2D eigenvalue weighted by atomic mass is 10.1. The van der Waals surface area contributed by atoms with Crippen molar-refractivity contribution < 1.29 is 9.53 Å². The zero-order chi connectivity index (χ0) is 16.4. The van der Waals surface area contributed by atoms with E-state index < -0.39 is 6.09 Å². The molecule has 3 aromatic rings. The Labute approximate surface area is 136 Å². The second-order valence-electron chi connectivity index (χ2n) is 4.62. The highest BCUT2D eigenvalue weighted by Gasteiger charge is 2.17. The average molecular weight is 330 g/mol. The van der Waals surface area contributed by atoms with Crippen LogP contribution in [-0.2, 0) is 0 Å². The number of rotatable bonds is 3. The molecule has 0 saturated heterocycles. The Hall–Kier alpha value is -3.06. The highest BCUT2D eigenvalue weighted by atomic mass is 35.5. The molecule has 23 heavy (non-hydrogen) atoms. The molecule has 3 rings (SSSR count). The first-order valence-electron chi connectivity index (χ1n) is 6.58. The number of benzene rings is 1. The largest absolute Gasteiger partial charge is 0.410 e. The molecule has 1 aromatic carbocycles. The van der Waals surface area contributed by atoms with Gasteiger partial charge in [-0.3, -0.25) is 0 Å². The maximum absolute atomic E-state index is 11.1.